The Kier molecular flexibility index (Phi) is 7.50. The molecule has 0 aliphatic rings. The summed E-state index contributed by atoms with van der Waals surface area (Å²) in [5, 5.41) is -0.255. The van der Waals surface area contributed by atoms with Crippen molar-refractivity contribution >= 4 is 15.9 Å². The molecule has 0 spiro atoms. The van der Waals surface area contributed by atoms with Gasteiger partial charge in [-0.1, -0.05) is 35.9 Å². The van der Waals surface area contributed by atoms with Crippen LogP contribution in [-0.2, 0) is 10.0 Å². The molecular formula is C29H29N3O5S. The van der Waals surface area contributed by atoms with Crippen molar-refractivity contribution in [3.8, 4) is 28.6 Å². The van der Waals surface area contributed by atoms with Crippen LogP contribution in [0.3, 0.4) is 0 Å². The lowest BCUT2D eigenvalue weighted by Gasteiger charge is -2.16. The van der Waals surface area contributed by atoms with Gasteiger partial charge in [0.15, 0.2) is 5.03 Å². The Balaban J connectivity index is 1.79. The third-order valence-corrected chi connectivity index (χ3v) is 7.21. The van der Waals surface area contributed by atoms with Crippen molar-refractivity contribution in [3.05, 3.63) is 94.2 Å². The number of sulfonamides is 1. The summed E-state index contributed by atoms with van der Waals surface area (Å²) in [5.41, 5.74) is 5.49. The van der Waals surface area contributed by atoms with Gasteiger partial charge in [0, 0.05) is 11.3 Å². The van der Waals surface area contributed by atoms with Crippen LogP contribution in [0.15, 0.2) is 65.7 Å². The number of carbonyl (C=O) groups is 1. The van der Waals surface area contributed by atoms with E-state index in [1.165, 1.54) is 12.1 Å². The van der Waals surface area contributed by atoms with Crippen LogP contribution in [0.4, 0.5) is 0 Å². The summed E-state index contributed by atoms with van der Waals surface area (Å²) >= 11 is 0. The van der Waals surface area contributed by atoms with E-state index in [9.17, 15) is 13.2 Å². The smallest absolute Gasteiger partial charge is 0.281 e. The minimum absolute atomic E-state index is 0.0259. The Morgan fingerprint density at radius 2 is 1.55 bits per heavy atom. The number of pyridine rings is 2. The van der Waals surface area contributed by atoms with Crippen molar-refractivity contribution in [1.29, 1.82) is 0 Å². The van der Waals surface area contributed by atoms with Gasteiger partial charge in [0.25, 0.3) is 15.9 Å². The normalized spacial score (nSPS) is 11.2. The zero-order valence-corrected chi connectivity index (χ0v) is 22.9. The highest BCUT2D eigenvalue weighted by atomic mass is 32.2. The molecule has 38 heavy (non-hydrogen) atoms. The number of aryl methyl sites for hydroxylation is 5. The number of hydrogen-bond acceptors (Lipinski definition) is 7. The third kappa shape index (κ3) is 5.68. The maximum Gasteiger partial charge on any atom is 0.281 e. The number of hydrogen-bond donors (Lipinski definition) is 1. The fourth-order valence-electron chi connectivity index (χ4n) is 4.15. The molecule has 0 saturated heterocycles. The minimum atomic E-state index is -4.23. The predicted molar refractivity (Wildman–Crippen MR) is 145 cm³/mol. The third-order valence-electron chi connectivity index (χ3n) is 5.98. The zero-order chi connectivity index (χ0) is 27.6. The van der Waals surface area contributed by atoms with Gasteiger partial charge in [-0.2, -0.15) is 8.42 Å². The molecule has 9 heteroatoms. The molecule has 0 radical (unpaired) electrons. The van der Waals surface area contributed by atoms with E-state index >= 15 is 0 Å². The van der Waals surface area contributed by atoms with Crippen molar-refractivity contribution in [1.82, 2.24) is 14.7 Å². The van der Waals surface area contributed by atoms with Gasteiger partial charge >= 0.3 is 0 Å². The van der Waals surface area contributed by atoms with E-state index in [4.69, 9.17) is 9.47 Å². The van der Waals surface area contributed by atoms with Crippen molar-refractivity contribution in [2.75, 3.05) is 7.11 Å². The van der Waals surface area contributed by atoms with Gasteiger partial charge in [-0.05, 0) is 81.6 Å². The largest absolute Gasteiger partial charge is 0.496 e. The number of methoxy groups -OCH3 is 1. The number of nitrogens with one attached hydrogen (secondary N) is 1. The lowest BCUT2D eigenvalue weighted by atomic mass is 10.1. The molecule has 0 unspecified atom stereocenters. The summed E-state index contributed by atoms with van der Waals surface area (Å²) in [4.78, 5) is 22.0. The fourth-order valence-corrected chi connectivity index (χ4v) is 5.13. The van der Waals surface area contributed by atoms with Crippen LogP contribution in [0.1, 0.15) is 38.3 Å². The molecule has 4 aromatic rings. The first-order valence-corrected chi connectivity index (χ1v) is 13.4. The van der Waals surface area contributed by atoms with Gasteiger partial charge in [-0.3, -0.25) is 4.79 Å². The Bertz CT molecular complexity index is 1630. The Morgan fingerprint density at radius 1 is 0.842 bits per heavy atom. The molecule has 8 nitrogen and oxygen atoms in total. The second-order valence-electron chi connectivity index (χ2n) is 9.12. The average molecular weight is 532 g/mol. The van der Waals surface area contributed by atoms with E-state index < -0.39 is 15.9 Å². The number of rotatable bonds is 7. The summed E-state index contributed by atoms with van der Waals surface area (Å²) in [6.45, 7) is 9.39. The van der Waals surface area contributed by atoms with Crippen LogP contribution in [0.25, 0.3) is 11.3 Å². The van der Waals surface area contributed by atoms with Gasteiger partial charge in [-0.25, -0.2) is 14.7 Å². The van der Waals surface area contributed by atoms with Crippen LogP contribution in [0, 0.1) is 34.6 Å². The highest BCUT2D eigenvalue weighted by Crippen LogP contribution is 2.33. The molecule has 2 aromatic carbocycles. The Hall–Kier alpha value is -4.24. The van der Waals surface area contributed by atoms with Crippen molar-refractivity contribution in [2.24, 2.45) is 0 Å². The molecule has 196 valence electrons. The van der Waals surface area contributed by atoms with Gasteiger partial charge in [0.2, 0.25) is 5.88 Å². The first-order valence-electron chi connectivity index (χ1n) is 11.9. The van der Waals surface area contributed by atoms with Crippen LogP contribution in [0.5, 0.6) is 17.4 Å². The molecule has 1 N–H and O–H groups in total. The van der Waals surface area contributed by atoms with Crippen LogP contribution >= 0.6 is 0 Å². The molecule has 0 atom stereocenters. The predicted octanol–water partition coefficient (Wildman–Crippen LogP) is 5.61. The zero-order valence-electron chi connectivity index (χ0n) is 22.1. The molecule has 0 saturated carbocycles. The fraction of sp³-hybridized carbons (Fsp3) is 0.207. The number of aromatic nitrogens is 2. The topological polar surface area (TPSA) is 107 Å². The summed E-state index contributed by atoms with van der Waals surface area (Å²) in [6, 6.07) is 17.3. The molecule has 0 aliphatic heterocycles. The van der Waals surface area contributed by atoms with Gasteiger partial charge in [0.1, 0.15) is 17.1 Å². The monoisotopic (exact) mass is 531 g/mol. The molecule has 1 amide bonds. The lowest BCUT2D eigenvalue weighted by Crippen LogP contribution is -2.31. The maximum atomic E-state index is 13.3. The number of ether oxygens (including phenoxy) is 2. The quantitative estimate of drug-likeness (QED) is 0.330. The molecule has 0 aliphatic carbocycles. The molecule has 2 heterocycles. The van der Waals surface area contributed by atoms with Crippen LogP contribution in [0.2, 0.25) is 0 Å². The number of nitrogens with zero attached hydrogens (tertiary/aromatic N) is 2. The lowest BCUT2D eigenvalue weighted by molar-refractivity contribution is 0.0978. The molecule has 0 fully saturated rings. The van der Waals surface area contributed by atoms with E-state index in [1.807, 2.05) is 58.0 Å². The Labute approximate surface area is 222 Å². The summed E-state index contributed by atoms with van der Waals surface area (Å²) in [7, 11) is -2.64. The summed E-state index contributed by atoms with van der Waals surface area (Å²) < 4.78 is 39.6. The molecular weight excluding hydrogens is 502 g/mol. The van der Waals surface area contributed by atoms with Gasteiger partial charge in [0.05, 0.1) is 12.8 Å². The number of amides is 1. The summed E-state index contributed by atoms with van der Waals surface area (Å²) in [6.07, 6.45) is 0. The highest BCUT2D eigenvalue weighted by molar-refractivity contribution is 7.90. The maximum absolute atomic E-state index is 13.3. The van der Waals surface area contributed by atoms with Crippen molar-refractivity contribution < 1.29 is 22.7 Å². The van der Waals surface area contributed by atoms with Gasteiger partial charge < -0.3 is 9.47 Å². The Morgan fingerprint density at radius 3 is 2.21 bits per heavy atom. The number of carbonyl (C=O) groups excluding carboxylic acids is 1. The highest BCUT2D eigenvalue weighted by Gasteiger charge is 2.25. The first kappa shape index (κ1) is 26.8. The van der Waals surface area contributed by atoms with Crippen LogP contribution in [-0.4, -0.2) is 31.4 Å². The standard InChI is InChI=1S/C29H29N3O5S/c1-17-14-19(3)27(20(4)15-17)37-29-23(28(33)32-38(34,35)26-9-7-8-21(5)30-26)12-13-24(31-29)22-11-10-18(2)25(16-22)36-6/h7-16H,1-6H3,(H,32,33). The molecule has 0 bridgehead atoms. The number of benzene rings is 2. The minimum Gasteiger partial charge on any atom is -0.496 e. The average Bonchev–Trinajstić information content (AvgIpc) is 2.86. The van der Waals surface area contributed by atoms with E-state index in [0.29, 0.717) is 22.9 Å². The van der Waals surface area contributed by atoms with Gasteiger partial charge in [-0.15, -0.1) is 0 Å². The SMILES string of the molecule is COc1cc(-c2ccc(C(=O)NS(=O)(=O)c3cccc(C)n3)c(Oc3c(C)cc(C)cc3C)n2)ccc1C. The van der Waals surface area contributed by atoms with E-state index in [-0.39, 0.29) is 16.5 Å². The van der Waals surface area contributed by atoms with Crippen LogP contribution < -0.4 is 14.2 Å². The summed E-state index contributed by atoms with van der Waals surface area (Å²) in [5.74, 6) is 0.322. The van der Waals surface area contributed by atoms with E-state index in [1.54, 1.807) is 32.2 Å². The first-order chi connectivity index (χ1) is 18.0. The van der Waals surface area contributed by atoms with Crippen molar-refractivity contribution in [2.45, 2.75) is 39.6 Å². The molecule has 2 aromatic heterocycles. The van der Waals surface area contributed by atoms with E-state index in [2.05, 4.69) is 14.7 Å². The van der Waals surface area contributed by atoms with E-state index in [0.717, 1.165) is 27.8 Å². The second-order valence-corrected chi connectivity index (χ2v) is 10.7. The second kappa shape index (κ2) is 10.6. The van der Waals surface area contributed by atoms with Crippen molar-refractivity contribution in [3.63, 3.8) is 0 Å². The molecule has 4 rings (SSSR count).